The van der Waals surface area contributed by atoms with E-state index in [4.69, 9.17) is 5.73 Å². The largest absolute Gasteiger partial charge is 0.356 e. The highest BCUT2D eigenvalue weighted by Crippen LogP contribution is 2.17. The van der Waals surface area contributed by atoms with Gasteiger partial charge in [0, 0.05) is 6.54 Å². The summed E-state index contributed by atoms with van der Waals surface area (Å²) in [6.45, 7) is 1.28. The number of nitrogens with one attached hydrogen (secondary N) is 1. The second-order valence-corrected chi connectivity index (χ2v) is 4.63. The lowest BCUT2D eigenvalue weighted by molar-refractivity contribution is -0.120. The van der Waals surface area contributed by atoms with E-state index in [1.165, 1.54) is 6.07 Å². The topological polar surface area (TPSA) is 55.1 Å². The van der Waals surface area contributed by atoms with Gasteiger partial charge in [0.1, 0.15) is 5.82 Å². The Morgan fingerprint density at radius 1 is 1.39 bits per heavy atom. The maximum Gasteiger partial charge on any atom is 0.224 e. The number of hydrogen-bond acceptors (Lipinski definition) is 2. The van der Waals surface area contributed by atoms with E-state index in [2.05, 4.69) is 21.2 Å². The van der Waals surface area contributed by atoms with Crippen molar-refractivity contribution in [2.24, 2.45) is 5.73 Å². The molecule has 3 nitrogen and oxygen atoms in total. The van der Waals surface area contributed by atoms with Crippen LogP contribution < -0.4 is 11.1 Å². The molecule has 0 unspecified atom stereocenters. The molecule has 0 aliphatic rings. The Morgan fingerprint density at radius 2 is 2.11 bits per heavy atom. The molecule has 1 rings (SSSR count). The van der Waals surface area contributed by atoms with Crippen molar-refractivity contribution >= 4 is 34.2 Å². The third-order valence-electron chi connectivity index (χ3n) is 2.30. The fraction of sp³-hybridized carbons (Fsp3) is 0.417. The molecule has 1 amide bonds. The molecular weight excluding hydrogens is 322 g/mol. The Balaban J connectivity index is 0.00000289. The van der Waals surface area contributed by atoms with Gasteiger partial charge in [-0.25, -0.2) is 4.39 Å². The fourth-order valence-corrected chi connectivity index (χ4v) is 1.82. The molecule has 0 fully saturated rings. The summed E-state index contributed by atoms with van der Waals surface area (Å²) in [5, 5.41) is 2.80. The van der Waals surface area contributed by atoms with Gasteiger partial charge in [0.25, 0.3) is 0 Å². The number of carbonyl (C=O) groups is 1. The van der Waals surface area contributed by atoms with Gasteiger partial charge in [0.2, 0.25) is 5.91 Å². The Hall–Kier alpha value is -0.650. The second kappa shape index (κ2) is 9.30. The monoisotopic (exact) mass is 338 g/mol. The first-order chi connectivity index (χ1) is 8.13. The van der Waals surface area contributed by atoms with Gasteiger partial charge in [0.15, 0.2) is 0 Å². The summed E-state index contributed by atoms with van der Waals surface area (Å²) in [6, 6.07) is 4.58. The molecule has 0 atom stereocenters. The van der Waals surface area contributed by atoms with Crippen LogP contribution >= 0.6 is 28.3 Å². The lowest BCUT2D eigenvalue weighted by atomic mass is 10.1. The highest BCUT2D eigenvalue weighted by molar-refractivity contribution is 9.10. The number of halogens is 3. The highest BCUT2D eigenvalue weighted by atomic mass is 79.9. The molecule has 0 bridgehead atoms. The van der Waals surface area contributed by atoms with E-state index in [0.29, 0.717) is 17.6 Å². The number of hydrogen-bond donors (Lipinski definition) is 2. The van der Waals surface area contributed by atoms with Gasteiger partial charge in [-0.1, -0.05) is 6.07 Å². The van der Waals surface area contributed by atoms with Crippen molar-refractivity contribution in [3.63, 3.8) is 0 Å². The quantitative estimate of drug-likeness (QED) is 0.782. The Bertz CT molecular complexity index is 390. The van der Waals surface area contributed by atoms with Gasteiger partial charge in [-0.15, -0.1) is 12.4 Å². The molecule has 0 aliphatic heterocycles. The minimum Gasteiger partial charge on any atom is -0.356 e. The van der Waals surface area contributed by atoms with Gasteiger partial charge in [0.05, 0.1) is 10.9 Å². The van der Waals surface area contributed by atoms with Crippen molar-refractivity contribution in [2.75, 3.05) is 13.1 Å². The Morgan fingerprint density at radius 3 is 2.72 bits per heavy atom. The van der Waals surface area contributed by atoms with Crippen molar-refractivity contribution in [2.45, 2.75) is 19.3 Å². The van der Waals surface area contributed by atoms with Gasteiger partial charge in [-0.3, -0.25) is 4.79 Å². The van der Waals surface area contributed by atoms with E-state index in [0.717, 1.165) is 18.4 Å². The normalized spacial score (nSPS) is 9.72. The zero-order chi connectivity index (χ0) is 12.7. The van der Waals surface area contributed by atoms with Crippen LogP contribution in [-0.2, 0) is 11.2 Å². The highest BCUT2D eigenvalue weighted by Gasteiger charge is 2.05. The van der Waals surface area contributed by atoms with Crippen LogP contribution in [0.2, 0.25) is 0 Å². The average Bonchev–Trinajstić information content (AvgIpc) is 2.30. The first-order valence-corrected chi connectivity index (χ1v) is 6.33. The fourth-order valence-electron chi connectivity index (χ4n) is 1.39. The SMILES string of the molecule is Cl.NCCCCNC(=O)Cc1ccc(F)c(Br)c1. The van der Waals surface area contributed by atoms with Crippen molar-refractivity contribution in [3.8, 4) is 0 Å². The molecule has 3 N–H and O–H groups in total. The average molecular weight is 340 g/mol. The Kier molecular flexibility index (Phi) is 8.97. The summed E-state index contributed by atoms with van der Waals surface area (Å²) >= 11 is 3.09. The van der Waals surface area contributed by atoms with Crippen LogP contribution in [0.25, 0.3) is 0 Å². The van der Waals surface area contributed by atoms with E-state index in [1.54, 1.807) is 12.1 Å². The summed E-state index contributed by atoms with van der Waals surface area (Å²) in [4.78, 5) is 11.5. The van der Waals surface area contributed by atoms with E-state index in [9.17, 15) is 9.18 Å². The molecule has 0 aliphatic carbocycles. The summed E-state index contributed by atoms with van der Waals surface area (Å²) in [5.41, 5.74) is 6.13. The maximum absolute atomic E-state index is 13.0. The molecule has 6 heteroatoms. The molecule has 0 radical (unpaired) electrons. The molecule has 18 heavy (non-hydrogen) atoms. The molecule has 1 aromatic rings. The van der Waals surface area contributed by atoms with Crippen LogP contribution in [0.3, 0.4) is 0 Å². The van der Waals surface area contributed by atoms with Crippen LogP contribution in [-0.4, -0.2) is 19.0 Å². The number of nitrogens with two attached hydrogens (primary N) is 1. The lowest BCUT2D eigenvalue weighted by Gasteiger charge is -2.05. The zero-order valence-corrected chi connectivity index (χ0v) is 12.3. The molecule has 102 valence electrons. The molecule has 0 aromatic heterocycles. The standard InChI is InChI=1S/C12H16BrFN2O.ClH/c13-10-7-9(3-4-11(10)14)8-12(17)16-6-2-1-5-15;/h3-4,7H,1-2,5-6,8,15H2,(H,16,17);1H. The van der Waals surface area contributed by atoms with Crippen molar-refractivity contribution in [3.05, 3.63) is 34.1 Å². The van der Waals surface area contributed by atoms with Crippen LogP contribution in [0, 0.1) is 5.82 Å². The zero-order valence-electron chi connectivity index (χ0n) is 9.92. The lowest BCUT2D eigenvalue weighted by Crippen LogP contribution is -2.26. The third-order valence-corrected chi connectivity index (χ3v) is 2.91. The van der Waals surface area contributed by atoms with E-state index < -0.39 is 0 Å². The minimum atomic E-state index is -0.322. The summed E-state index contributed by atoms with van der Waals surface area (Å²) in [5.74, 6) is -0.377. The molecule has 1 aromatic carbocycles. The van der Waals surface area contributed by atoms with Crippen LogP contribution in [0.1, 0.15) is 18.4 Å². The first kappa shape index (κ1) is 17.4. The van der Waals surface area contributed by atoms with Crippen molar-refractivity contribution < 1.29 is 9.18 Å². The van der Waals surface area contributed by atoms with Gasteiger partial charge in [-0.2, -0.15) is 0 Å². The number of carbonyl (C=O) groups excluding carboxylic acids is 1. The molecule has 0 spiro atoms. The smallest absolute Gasteiger partial charge is 0.224 e. The number of rotatable bonds is 6. The van der Waals surface area contributed by atoms with Gasteiger partial charge >= 0.3 is 0 Å². The molecule has 0 heterocycles. The van der Waals surface area contributed by atoms with Crippen LogP contribution in [0.15, 0.2) is 22.7 Å². The second-order valence-electron chi connectivity index (χ2n) is 3.77. The van der Waals surface area contributed by atoms with Gasteiger partial charge < -0.3 is 11.1 Å². The van der Waals surface area contributed by atoms with E-state index in [-0.39, 0.29) is 30.6 Å². The summed E-state index contributed by atoms with van der Waals surface area (Å²) in [6.07, 6.45) is 2.05. The number of unbranched alkanes of at least 4 members (excludes halogenated alkanes) is 1. The predicted molar refractivity (Wildman–Crippen MR) is 76.4 cm³/mol. The minimum absolute atomic E-state index is 0. The summed E-state index contributed by atoms with van der Waals surface area (Å²) in [7, 11) is 0. The van der Waals surface area contributed by atoms with Gasteiger partial charge in [-0.05, 0) is 53.0 Å². The van der Waals surface area contributed by atoms with Crippen molar-refractivity contribution in [1.29, 1.82) is 0 Å². The number of benzene rings is 1. The molecule has 0 saturated carbocycles. The first-order valence-electron chi connectivity index (χ1n) is 5.54. The van der Waals surface area contributed by atoms with Crippen LogP contribution in [0.5, 0.6) is 0 Å². The maximum atomic E-state index is 13.0. The van der Waals surface area contributed by atoms with E-state index >= 15 is 0 Å². The Labute approximate surface area is 121 Å². The molecule has 0 saturated heterocycles. The van der Waals surface area contributed by atoms with Crippen LogP contribution in [0.4, 0.5) is 4.39 Å². The third kappa shape index (κ3) is 6.33. The predicted octanol–water partition coefficient (Wildman–Crippen LogP) is 2.41. The van der Waals surface area contributed by atoms with E-state index in [1.807, 2.05) is 0 Å². The molecular formula is C12H17BrClFN2O. The summed E-state index contributed by atoms with van der Waals surface area (Å²) < 4.78 is 13.3. The number of amides is 1. The van der Waals surface area contributed by atoms with Crippen molar-refractivity contribution in [1.82, 2.24) is 5.32 Å².